The van der Waals surface area contributed by atoms with Gasteiger partial charge in [-0.2, -0.15) is 0 Å². The van der Waals surface area contributed by atoms with Crippen molar-refractivity contribution in [2.24, 2.45) is 10.9 Å². The number of rotatable bonds is 7. The first-order valence-electron chi connectivity index (χ1n) is 8.14. The first-order chi connectivity index (χ1) is 11.2. The normalized spacial score (nSPS) is 15.0. The Morgan fingerprint density at radius 1 is 1.29 bits per heavy atom. The molecule has 7 heteroatoms. The van der Waals surface area contributed by atoms with Crippen molar-refractivity contribution < 1.29 is 9.53 Å². The highest BCUT2D eigenvalue weighted by Gasteiger charge is 2.32. The molecule has 134 valence electrons. The fourth-order valence-corrected chi connectivity index (χ4v) is 2.37. The maximum Gasteiger partial charge on any atom is 0.407 e. The lowest BCUT2D eigenvalue weighted by Crippen LogP contribution is -2.48. The minimum atomic E-state index is -0.349. The highest BCUT2D eigenvalue weighted by atomic mass is 127. The van der Waals surface area contributed by atoms with E-state index in [2.05, 4.69) is 33.1 Å². The fourth-order valence-electron chi connectivity index (χ4n) is 2.37. The number of aliphatic imine (C=N–C) groups is 1. The molecule has 0 aliphatic heterocycles. The molecule has 1 aromatic rings. The largest absolute Gasteiger partial charge is 0.450 e. The summed E-state index contributed by atoms with van der Waals surface area (Å²) >= 11 is 0. The minimum absolute atomic E-state index is 0. The number of amides is 1. The number of carbonyl (C=O) groups excluding carboxylic acids is 1. The van der Waals surface area contributed by atoms with Gasteiger partial charge >= 0.3 is 6.09 Å². The summed E-state index contributed by atoms with van der Waals surface area (Å²) in [6.07, 6.45) is 1.95. The van der Waals surface area contributed by atoms with Crippen molar-refractivity contribution in [1.82, 2.24) is 16.0 Å². The average molecular weight is 446 g/mol. The molecule has 1 aliphatic carbocycles. The number of alkyl carbamates (subject to hydrolysis) is 1. The van der Waals surface area contributed by atoms with Crippen LogP contribution in [0.1, 0.15) is 25.3 Å². The van der Waals surface area contributed by atoms with Crippen molar-refractivity contribution in [2.75, 3.05) is 20.2 Å². The molecule has 6 nitrogen and oxygen atoms in total. The van der Waals surface area contributed by atoms with Gasteiger partial charge in [0.25, 0.3) is 0 Å². The van der Waals surface area contributed by atoms with E-state index in [0.29, 0.717) is 25.6 Å². The highest BCUT2D eigenvalue weighted by Crippen LogP contribution is 2.32. The van der Waals surface area contributed by atoms with E-state index in [9.17, 15) is 4.79 Å². The van der Waals surface area contributed by atoms with E-state index >= 15 is 0 Å². The predicted molar refractivity (Wildman–Crippen MR) is 107 cm³/mol. The van der Waals surface area contributed by atoms with Gasteiger partial charge in [-0.05, 0) is 31.2 Å². The van der Waals surface area contributed by atoms with Gasteiger partial charge in [-0.1, -0.05) is 30.3 Å². The first-order valence-corrected chi connectivity index (χ1v) is 8.14. The van der Waals surface area contributed by atoms with Gasteiger partial charge in [0.2, 0.25) is 0 Å². The van der Waals surface area contributed by atoms with Crippen molar-refractivity contribution in [2.45, 2.75) is 32.4 Å². The quantitative estimate of drug-likeness (QED) is 0.342. The monoisotopic (exact) mass is 446 g/mol. The minimum Gasteiger partial charge on any atom is -0.450 e. The van der Waals surface area contributed by atoms with Crippen LogP contribution >= 0.6 is 24.0 Å². The van der Waals surface area contributed by atoms with Crippen LogP contribution in [0.2, 0.25) is 0 Å². The number of ether oxygens (including phenoxy) is 1. The SMILES string of the molecule is CCOC(=O)NC(CNC(=NC)NCc1ccccc1)C1CC1.I. The maximum absolute atomic E-state index is 11.6. The summed E-state index contributed by atoms with van der Waals surface area (Å²) in [5.74, 6) is 1.25. The average Bonchev–Trinajstić information content (AvgIpc) is 3.40. The molecule has 0 aromatic heterocycles. The number of nitrogens with zero attached hydrogens (tertiary/aromatic N) is 1. The number of hydrogen-bond acceptors (Lipinski definition) is 3. The van der Waals surface area contributed by atoms with Crippen LogP contribution in [0.15, 0.2) is 35.3 Å². The van der Waals surface area contributed by atoms with Crippen LogP contribution in [0.3, 0.4) is 0 Å². The van der Waals surface area contributed by atoms with E-state index in [1.165, 1.54) is 5.56 Å². The first kappa shape index (κ1) is 20.5. The second kappa shape index (κ2) is 11.1. The van der Waals surface area contributed by atoms with Gasteiger partial charge in [-0.3, -0.25) is 4.99 Å². The Labute approximate surface area is 160 Å². The Morgan fingerprint density at radius 3 is 2.58 bits per heavy atom. The van der Waals surface area contributed by atoms with Gasteiger partial charge in [-0.15, -0.1) is 24.0 Å². The van der Waals surface area contributed by atoms with Crippen molar-refractivity contribution in [3.8, 4) is 0 Å². The third-order valence-corrected chi connectivity index (χ3v) is 3.79. The van der Waals surface area contributed by atoms with Gasteiger partial charge in [0.15, 0.2) is 5.96 Å². The van der Waals surface area contributed by atoms with Gasteiger partial charge in [0.05, 0.1) is 12.6 Å². The summed E-state index contributed by atoms with van der Waals surface area (Å²) in [6.45, 7) is 3.54. The second-order valence-electron chi connectivity index (χ2n) is 5.60. The highest BCUT2D eigenvalue weighted by molar-refractivity contribution is 14.0. The predicted octanol–water partition coefficient (Wildman–Crippen LogP) is 2.49. The summed E-state index contributed by atoms with van der Waals surface area (Å²) in [5, 5.41) is 9.48. The molecule has 1 aromatic carbocycles. The molecule has 1 amide bonds. The number of carbonyl (C=O) groups is 1. The van der Waals surface area contributed by atoms with E-state index in [4.69, 9.17) is 4.74 Å². The molecule has 1 saturated carbocycles. The molecule has 0 bridgehead atoms. The zero-order valence-electron chi connectivity index (χ0n) is 14.2. The Morgan fingerprint density at radius 2 is 2.00 bits per heavy atom. The summed E-state index contributed by atoms with van der Waals surface area (Å²) in [5.41, 5.74) is 1.19. The molecule has 0 radical (unpaired) electrons. The van der Waals surface area contributed by atoms with Gasteiger partial charge in [0.1, 0.15) is 0 Å². The van der Waals surface area contributed by atoms with Crippen LogP contribution in [-0.2, 0) is 11.3 Å². The van der Waals surface area contributed by atoms with Crippen LogP contribution in [0, 0.1) is 5.92 Å². The molecule has 2 rings (SSSR count). The van der Waals surface area contributed by atoms with E-state index in [-0.39, 0.29) is 36.1 Å². The van der Waals surface area contributed by atoms with Gasteiger partial charge in [-0.25, -0.2) is 4.79 Å². The number of benzene rings is 1. The molecule has 1 fully saturated rings. The zero-order chi connectivity index (χ0) is 16.5. The Balaban J connectivity index is 0.00000288. The molecule has 1 aliphatic rings. The van der Waals surface area contributed by atoms with E-state index in [0.717, 1.165) is 18.8 Å². The lowest BCUT2D eigenvalue weighted by molar-refractivity contribution is 0.146. The smallest absolute Gasteiger partial charge is 0.407 e. The molecule has 1 atom stereocenters. The van der Waals surface area contributed by atoms with Crippen molar-refractivity contribution >= 4 is 36.0 Å². The molecular formula is C17H27IN4O2. The molecular weight excluding hydrogens is 419 g/mol. The summed E-state index contributed by atoms with van der Waals surface area (Å²) in [4.78, 5) is 15.8. The summed E-state index contributed by atoms with van der Waals surface area (Å²) in [6, 6.07) is 10.2. The third kappa shape index (κ3) is 7.37. The maximum atomic E-state index is 11.6. The van der Waals surface area contributed by atoms with Crippen LogP contribution in [0.4, 0.5) is 4.79 Å². The Hall–Kier alpha value is -1.51. The van der Waals surface area contributed by atoms with Crippen LogP contribution < -0.4 is 16.0 Å². The number of nitrogens with one attached hydrogen (secondary N) is 3. The van der Waals surface area contributed by atoms with Crippen molar-refractivity contribution in [3.63, 3.8) is 0 Å². The summed E-state index contributed by atoms with van der Waals surface area (Å²) < 4.78 is 4.97. The van der Waals surface area contributed by atoms with E-state index in [1.807, 2.05) is 18.2 Å². The van der Waals surface area contributed by atoms with Gasteiger partial charge < -0.3 is 20.7 Å². The molecule has 0 saturated heterocycles. The molecule has 3 N–H and O–H groups in total. The van der Waals surface area contributed by atoms with Crippen LogP contribution in [-0.4, -0.2) is 38.3 Å². The zero-order valence-corrected chi connectivity index (χ0v) is 16.6. The van der Waals surface area contributed by atoms with E-state index < -0.39 is 0 Å². The standard InChI is InChI=1S/C17H26N4O2.HI/c1-3-23-17(22)21-15(14-9-10-14)12-20-16(18-2)19-11-13-7-5-4-6-8-13;/h4-8,14-15H,3,9-12H2,1-2H3,(H,21,22)(H2,18,19,20);1H. The number of hydrogen-bond donors (Lipinski definition) is 3. The van der Waals surface area contributed by atoms with Crippen LogP contribution in [0.5, 0.6) is 0 Å². The van der Waals surface area contributed by atoms with Crippen molar-refractivity contribution in [1.29, 1.82) is 0 Å². The van der Waals surface area contributed by atoms with Crippen LogP contribution in [0.25, 0.3) is 0 Å². The van der Waals surface area contributed by atoms with Crippen molar-refractivity contribution in [3.05, 3.63) is 35.9 Å². The Bertz CT molecular complexity index is 521. The topological polar surface area (TPSA) is 74.8 Å². The lowest BCUT2D eigenvalue weighted by atomic mass is 10.2. The number of guanidine groups is 1. The lowest BCUT2D eigenvalue weighted by Gasteiger charge is -2.20. The second-order valence-corrected chi connectivity index (χ2v) is 5.60. The fraction of sp³-hybridized carbons (Fsp3) is 0.529. The van der Waals surface area contributed by atoms with E-state index in [1.54, 1.807) is 14.0 Å². The molecule has 0 heterocycles. The third-order valence-electron chi connectivity index (χ3n) is 3.79. The summed E-state index contributed by atoms with van der Waals surface area (Å²) in [7, 11) is 1.74. The molecule has 0 spiro atoms. The molecule has 24 heavy (non-hydrogen) atoms. The van der Waals surface area contributed by atoms with Gasteiger partial charge in [0, 0.05) is 20.1 Å². The molecule has 1 unspecified atom stereocenters. The Kier molecular flexibility index (Phi) is 9.51. The number of halogens is 1.